The standard InChI is InChI=1S/C22H23Cl2N3O.CH4.ClH/c1-13-4-3-5-19(14(13)2)26-22(28)12-27-20-7-9-25-8-6-15(20)16-10-17(23)18(24)11-21(16)27;;/h3-5,10-11,25H,6-9,12H2,1-2H3,(H,26,28);1H4;1H. The third-order valence-electron chi connectivity index (χ3n) is 5.60. The first-order chi connectivity index (χ1) is 13.5. The predicted molar refractivity (Wildman–Crippen MR) is 131 cm³/mol. The molecule has 0 saturated carbocycles. The number of carbonyl (C=O) groups excluding carboxylic acids is 1. The summed E-state index contributed by atoms with van der Waals surface area (Å²) < 4.78 is 2.10. The highest BCUT2D eigenvalue weighted by Gasteiger charge is 2.21. The van der Waals surface area contributed by atoms with Gasteiger partial charge < -0.3 is 15.2 Å². The topological polar surface area (TPSA) is 46.1 Å². The normalized spacial score (nSPS) is 13.1. The summed E-state index contributed by atoms with van der Waals surface area (Å²) in [4.78, 5) is 12.9. The minimum absolute atomic E-state index is 0. The molecule has 4 nitrogen and oxygen atoms in total. The molecule has 2 heterocycles. The maximum atomic E-state index is 12.9. The summed E-state index contributed by atoms with van der Waals surface area (Å²) in [5.41, 5.74) is 6.52. The molecule has 162 valence electrons. The van der Waals surface area contributed by atoms with Gasteiger partial charge in [-0.2, -0.15) is 0 Å². The number of aromatic nitrogens is 1. The molecule has 30 heavy (non-hydrogen) atoms. The second kappa shape index (κ2) is 10.1. The zero-order valence-electron chi connectivity index (χ0n) is 16.4. The number of nitrogens with one attached hydrogen (secondary N) is 2. The largest absolute Gasteiger partial charge is 0.335 e. The van der Waals surface area contributed by atoms with Gasteiger partial charge >= 0.3 is 0 Å². The molecule has 1 aliphatic rings. The fourth-order valence-electron chi connectivity index (χ4n) is 3.98. The number of amides is 1. The SMILES string of the molecule is C.Cc1cccc(NC(=O)Cn2c3c(c4cc(Cl)c(Cl)cc42)CCNCC3)c1C.Cl. The average Bonchev–Trinajstić information content (AvgIpc) is 2.82. The summed E-state index contributed by atoms with van der Waals surface area (Å²) in [6, 6.07) is 9.76. The monoisotopic (exact) mass is 467 g/mol. The first kappa shape index (κ1) is 24.5. The Morgan fingerprint density at radius 2 is 1.83 bits per heavy atom. The van der Waals surface area contributed by atoms with E-state index in [1.165, 1.54) is 11.3 Å². The number of aryl methyl sites for hydroxylation is 1. The van der Waals surface area contributed by atoms with Crippen molar-refractivity contribution in [1.82, 2.24) is 9.88 Å². The van der Waals surface area contributed by atoms with Gasteiger partial charge in [-0.05, 0) is 61.7 Å². The molecular formula is C23H28Cl3N3O. The van der Waals surface area contributed by atoms with Crippen LogP contribution in [0.4, 0.5) is 5.69 Å². The Balaban J connectivity index is 0.00000160. The molecule has 4 rings (SSSR count). The first-order valence-electron chi connectivity index (χ1n) is 9.51. The van der Waals surface area contributed by atoms with Gasteiger partial charge in [-0.25, -0.2) is 0 Å². The molecule has 0 aliphatic carbocycles. The lowest BCUT2D eigenvalue weighted by atomic mass is 10.1. The number of halogens is 3. The summed E-state index contributed by atoms with van der Waals surface area (Å²) in [5.74, 6) is -0.0447. The molecule has 0 radical (unpaired) electrons. The van der Waals surface area contributed by atoms with Crippen LogP contribution in [0.15, 0.2) is 30.3 Å². The minimum Gasteiger partial charge on any atom is -0.335 e. The number of nitrogens with zero attached hydrogens (tertiary/aromatic N) is 1. The highest BCUT2D eigenvalue weighted by Crippen LogP contribution is 2.34. The molecule has 0 fully saturated rings. The zero-order valence-corrected chi connectivity index (χ0v) is 18.8. The third-order valence-corrected chi connectivity index (χ3v) is 6.32. The van der Waals surface area contributed by atoms with Crippen LogP contribution in [0.3, 0.4) is 0 Å². The van der Waals surface area contributed by atoms with Crippen molar-refractivity contribution in [2.75, 3.05) is 18.4 Å². The van der Waals surface area contributed by atoms with Gasteiger partial charge in [-0.1, -0.05) is 42.8 Å². The minimum atomic E-state index is -0.0447. The summed E-state index contributed by atoms with van der Waals surface area (Å²) in [6.45, 7) is 6.13. The zero-order chi connectivity index (χ0) is 19.8. The van der Waals surface area contributed by atoms with Gasteiger partial charge in [0, 0.05) is 29.7 Å². The van der Waals surface area contributed by atoms with E-state index < -0.39 is 0 Å². The smallest absolute Gasteiger partial charge is 0.244 e. The van der Waals surface area contributed by atoms with Gasteiger partial charge in [0.15, 0.2) is 0 Å². The molecular weight excluding hydrogens is 441 g/mol. The van der Waals surface area contributed by atoms with Crippen molar-refractivity contribution in [2.45, 2.75) is 40.7 Å². The molecule has 2 N–H and O–H groups in total. The van der Waals surface area contributed by atoms with Gasteiger partial charge in [0.2, 0.25) is 5.91 Å². The van der Waals surface area contributed by atoms with Crippen molar-refractivity contribution in [1.29, 1.82) is 0 Å². The second-order valence-electron chi connectivity index (χ2n) is 7.34. The Bertz CT molecular complexity index is 1080. The highest BCUT2D eigenvalue weighted by atomic mass is 35.5. The van der Waals surface area contributed by atoms with Crippen molar-refractivity contribution < 1.29 is 4.79 Å². The summed E-state index contributed by atoms with van der Waals surface area (Å²) in [6.07, 6.45) is 1.78. The van der Waals surface area contributed by atoms with Crippen LogP contribution in [-0.2, 0) is 24.2 Å². The van der Waals surface area contributed by atoms with Gasteiger partial charge in [0.1, 0.15) is 6.54 Å². The maximum Gasteiger partial charge on any atom is 0.244 e. The quantitative estimate of drug-likeness (QED) is 0.499. The molecule has 0 spiro atoms. The van der Waals surface area contributed by atoms with Gasteiger partial charge in [0.05, 0.1) is 15.6 Å². The van der Waals surface area contributed by atoms with Crippen LogP contribution in [-0.4, -0.2) is 23.6 Å². The van der Waals surface area contributed by atoms with E-state index >= 15 is 0 Å². The van der Waals surface area contributed by atoms with E-state index in [9.17, 15) is 4.79 Å². The Morgan fingerprint density at radius 1 is 1.13 bits per heavy atom. The van der Waals surface area contributed by atoms with Crippen molar-refractivity contribution in [2.24, 2.45) is 0 Å². The molecule has 2 aromatic carbocycles. The Kier molecular flexibility index (Phi) is 8.23. The van der Waals surface area contributed by atoms with Crippen LogP contribution in [0.2, 0.25) is 10.0 Å². The molecule has 3 aromatic rings. The summed E-state index contributed by atoms with van der Waals surface area (Å²) in [7, 11) is 0. The fourth-order valence-corrected chi connectivity index (χ4v) is 4.30. The van der Waals surface area contributed by atoms with E-state index in [1.807, 2.05) is 44.2 Å². The van der Waals surface area contributed by atoms with Crippen molar-refractivity contribution in [3.63, 3.8) is 0 Å². The van der Waals surface area contributed by atoms with Crippen LogP contribution in [0.5, 0.6) is 0 Å². The molecule has 0 saturated heterocycles. The second-order valence-corrected chi connectivity index (χ2v) is 8.15. The number of benzene rings is 2. The Labute approximate surface area is 194 Å². The van der Waals surface area contributed by atoms with Crippen molar-refractivity contribution in [3.05, 3.63) is 62.8 Å². The number of rotatable bonds is 3. The predicted octanol–water partition coefficient (Wildman–Crippen LogP) is 5.95. The van der Waals surface area contributed by atoms with Crippen LogP contribution < -0.4 is 10.6 Å². The van der Waals surface area contributed by atoms with Crippen molar-refractivity contribution in [3.8, 4) is 0 Å². The van der Waals surface area contributed by atoms with E-state index in [0.717, 1.165) is 53.6 Å². The van der Waals surface area contributed by atoms with Crippen molar-refractivity contribution >= 4 is 58.1 Å². The number of hydrogen-bond donors (Lipinski definition) is 2. The number of anilines is 1. The van der Waals surface area contributed by atoms with E-state index in [4.69, 9.17) is 23.2 Å². The maximum absolute atomic E-state index is 12.9. The Hall–Kier alpha value is -1.72. The number of fused-ring (bicyclic) bond motifs is 3. The van der Waals surface area contributed by atoms with Gasteiger partial charge in [-0.3, -0.25) is 4.79 Å². The lowest BCUT2D eigenvalue weighted by Crippen LogP contribution is -2.22. The molecule has 0 unspecified atom stereocenters. The van der Waals surface area contributed by atoms with E-state index in [1.54, 1.807) is 0 Å². The van der Waals surface area contributed by atoms with Gasteiger partial charge in [-0.15, -0.1) is 12.4 Å². The number of carbonyl (C=O) groups is 1. The lowest BCUT2D eigenvalue weighted by molar-refractivity contribution is -0.116. The molecule has 1 aliphatic heterocycles. The summed E-state index contributed by atoms with van der Waals surface area (Å²) >= 11 is 12.6. The molecule has 0 bridgehead atoms. The fraction of sp³-hybridized carbons (Fsp3) is 0.348. The first-order valence-corrected chi connectivity index (χ1v) is 10.3. The molecule has 0 atom stereocenters. The molecule has 1 amide bonds. The van der Waals surface area contributed by atoms with E-state index in [2.05, 4.69) is 15.2 Å². The highest BCUT2D eigenvalue weighted by molar-refractivity contribution is 6.42. The molecule has 7 heteroatoms. The average molecular weight is 469 g/mol. The van der Waals surface area contributed by atoms with Crippen LogP contribution in [0.1, 0.15) is 29.8 Å². The van der Waals surface area contributed by atoms with Crippen LogP contribution >= 0.6 is 35.6 Å². The Morgan fingerprint density at radius 3 is 2.60 bits per heavy atom. The van der Waals surface area contributed by atoms with E-state index in [-0.39, 0.29) is 32.3 Å². The number of hydrogen-bond acceptors (Lipinski definition) is 2. The van der Waals surface area contributed by atoms with E-state index in [0.29, 0.717) is 10.0 Å². The van der Waals surface area contributed by atoms with Gasteiger partial charge in [0.25, 0.3) is 0 Å². The summed E-state index contributed by atoms with van der Waals surface area (Å²) in [5, 5.41) is 8.65. The van der Waals surface area contributed by atoms with Crippen LogP contribution in [0, 0.1) is 13.8 Å². The lowest BCUT2D eigenvalue weighted by Gasteiger charge is -2.14. The molecule has 1 aromatic heterocycles. The third kappa shape index (κ3) is 4.62. The van der Waals surface area contributed by atoms with Crippen LogP contribution in [0.25, 0.3) is 10.9 Å².